The van der Waals surface area contributed by atoms with Crippen LogP contribution >= 0.6 is 11.8 Å². The maximum absolute atomic E-state index is 10.7. The number of aromatic nitrogens is 2. The molecule has 0 saturated heterocycles. The first-order valence-corrected chi connectivity index (χ1v) is 7.83. The number of non-ortho nitro benzene ring substituents is 1. The molecule has 0 saturated carbocycles. The molecule has 0 aliphatic heterocycles. The van der Waals surface area contributed by atoms with Crippen molar-refractivity contribution in [1.82, 2.24) is 9.61 Å². The molecule has 0 atom stereocenters. The molecule has 0 radical (unpaired) electrons. The summed E-state index contributed by atoms with van der Waals surface area (Å²) in [6.07, 6.45) is 0. The van der Waals surface area contributed by atoms with Crippen molar-refractivity contribution in [2.24, 2.45) is 0 Å². The van der Waals surface area contributed by atoms with Gasteiger partial charge in [0.1, 0.15) is 16.7 Å². The van der Waals surface area contributed by atoms with E-state index >= 15 is 0 Å². The Kier molecular flexibility index (Phi) is 4.00. The summed E-state index contributed by atoms with van der Waals surface area (Å²) in [6, 6.07) is 14.3. The molecule has 0 N–H and O–H groups in total. The average molecular weight is 324 g/mol. The first-order chi connectivity index (χ1) is 11.1. The second kappa shape index (κ2) is 6.10. The summed E-state index contributed by atoms with van der Waals surface area (Å²) in [5.41, 5.74) is 3.32. The molecule has 0 amide bonds. The minimum absolute atomic E-state index is 0.0693. The molecule has 0 aliphatic rings. The van der Waals surface area contributed by atoms with Gasteiger partial charge in [-0.1, -0.05) is 30.0 Å². The van der Waals surface area contributed by atoms with Crippen molar-refractivity contribution >= 4 is 23.0 Å². The van der Waals surface area contributed by atoms with E-state index in [-0.39, 0.29) is 5.69 Å². The number of aryl methyl sites for hydroxylation is 1. The fourth-order valence-electron chi connectivity index (χ4n) is 2.25. The van der Waals surface area contributed by atoms with Crippen molar-refractivity contribution in [3.63, 3.8) is 0 Å². The normalized spacial score (nSPS) is 10.6. The van der Waals surface area contributed by atoms with Gasteiger partial charge in [0.2, 0.25) is 0 Å². The van der Waals surface area contributed by atoms with Crippen molar-refractivity contribution in [1.29, 1.82) is 5.26 Å². The number of benzene rings is 1. The van der Waals surface area contributed by atoms with Gasteiger partial charge in [0.25, 0.3) is 5.69 Å². The molecule has 0 unspecified atom stereocenters. The Labute approximate surface area is 136 Å². The van der Waals surface area contributed by atoms with Gasteiger partial charge in [-0.3, -0.25) is 10.1 Å². The Balaban J connectivity index is 1.86. The zero-order valence-electron chi connectivity index (χ0n) is 12.3. The number of nitro benzene ring substituents is 1. The van der Waals surface area contributed by atoms with Gasteiger partial charge in [0.05, 0.1) is 10.4 Å². The predicted octanol–water partition coefficient (Wildman–Crippen LogP) is 3.71. The lowest BCUT2D eigenvalue weighted by atomic mass is 10.2. The second-order valence-corrected chi connectivity index (χ2v) is 5.93. The van der Waals surface area contributed by atoms with Crippen LogP contribution in [0, 0.1) is 28.4 Å². The zero-order valence-corrected chi connectivity index (χ0v) is 13.1. The highest BCUT2D eigenvalue weighted by Crippen LogP contribution is 2.28. The van der Waals surface area contributed by atoms with Crippen LogP contribution in [0.25, 0.3) is 5.52 Å². The van der Waals surface area contributed by atoms with Crippen molar-refractivity contribution < 1.29 is 4.92 Å². The molecular formula is C16H12N4O2S. The molecule has 1 aromatic carbocycles. The number of nitriles is 1. The molecule has 3 rings (SSSR count). The summed E-state index contributed by atoms with van der Waals surface area (Å²) in [5.74, 6) is 0.593. The van der Waals surface area contributed by atoms with Gasteiger partial charge < -0.3 is 0 Å². The molecule has 0 bridgehead atoms. The van der Waals surface area contributed by atoms with E-state index in [9.17, 15) is 15.4 Å². The summed E-state index contributed by atoms with van der Waals surface area (Å²) in [7, 11) is 0. The average Bonchev–Trinajstić information content (AvgIpc) is 2.92. The molecule has 0 spiro atoms. The van der Waals surface area contributed by atoms with Crippen LogP contribution in [0.2, 0.25) is 0 Å². The molecule has 3 aromatic rings. The van der Waals surface area contributed by atoms with Gasteiger partial charge in [-0.15, -0.1) is 0 Å². The van der Waals surface area contributed by atoms with Crippen molar-refractivity contribution in [3.05, 3.63) is 69.4 Å². The molecule has 114 valence electrons. The minimum atomic E-state index is -0.421. The van der Waals surface area contributed by atoms with E-state index in [1.165, 1.54) is 23.9 Å². The summed E-state index contributed by atoms with van der Waals surface area (Å²) in [6.45, 7) is 1.94. The Morgan fingerprint density at radius 2 is 2.04 bits per heavy atom. The van der Waals surface area contributed by atoms with Crippen LogP contribution in [-0.2, 0) is 5.75 Å². The standard InChI is InChI=1S/C16H12N4O2S/c1-11-3-2-4-15-14(9-17)16(18-19(11)15)23-10-12-5-7-13(8-6-12)20(21)22/h2-8H,10H2,1H3. The molecule has 0 aliphatic carbocycles. The number of thioether (sulfide) groups is 1. The number of nitrogens with zero attached hydrogens (tertiary/aromatic N) is 4. The lowest BCUT2D eigenvalue weighted by molar-refractivity contribution is -0.384. The first-order valence-electron chi connectivity index (χ1n) is 6.84. The Hall–Kier alpha value is -2.85. The summed E-state index contributed by atoms with van der Waals surface area (Å²) >= 11 is 1.45. The molecule has 23 heavy (non-hydrogen) atoms. The lowest BCUT2D eigenvalue weighted by Gasteiger charge is -1.99. The van der Waals surface area contributed by atoms with Crippen LogP contribution < -0.4 is 0 Å². The molecule has 7 heteroatoms. The third kappa shape index (κ3) is 2.89. The number of nitro groups is 1. The number of pyridine rings is 1. The third-order valence-electron chi connectivity index (χ3n) is 3.45. The monoisotopic (exact) mass is 324 g/mol. The van der Waals surface area contributed by atoms with Crippen LogP contribution in [0.4, 0.5) is 5.69 Å². The third-order valence-corrected chi connectivity index (χ3v) is 4.49. The van der Waals surface area contributed by atoms with Crippen LogP contribution in [0.5, 0.6) is 0 Å². The maximum atomic E-state index is 10.7. The minimum Gasteiger partial charge on any atom is -0.258 e. The van der Waals surface area contributed by atoms with E-state index in [0.717, 1.165) is 16.8 Å². The molecule has 0 fully saturated rings. The topological polar surface area (TPSA) is 84.2 Å². The summed E-state index contributed by atoms with van der Waals surface area (Å²) in [4.78, 5) is 10.2. The fourth-order valence-corrected chi connectivity index (χ4v) is 3.18. The van der Waals surface area contributed by atoms with Crippen molar-refractivity contribution in [3.8, 4) is 6.07 Å². The van der Waals surface area contributed by atoms with Gasteiger partial charge in [-0.25, -0.2) is 4.52 Å². The maximum Gasteiger partial charge on any atom is 0.269 e. The van der Waals surface area contributed by atoms with E-state index in [1.807, 2.05) is 25.1 Å². The first kappa shape index (κ1) is 15.1. The van der Waals surface area contributed by atoms with Gasteiger partial charge in [-0.05, 0) is 24.6 Å². The highest BCUT2D eigenvalue weighted by atomic mass is 32.2. The lowest BCUT2D eigenvalue weighted by Crippen LogP contribution is -1.91. The number of rotatable bonds is 4. The van der Waals surface area contributed by atoms with E-state index in [1.54, 1.807) is 16.6 Å². The van der Waals surface area contributed by atoms with Crippen LogP contribution in [0.1, 0.15) is 16.8 Å². The SMILES string of the molecule is Cc1cccc2c(C#N)c(SCc3ccc([N+](=O)[O-])cc3)nn12. The second-order valence-electron chi connectivity index (χ2n) is 4.97. The molecule has 2 heterocycles. The predicted molar refractivity (Wildman–Crippen MR) is 87.3 cm³/mol. The van der Waals surface area contributed by atoms with Crippen LogP contribution in [0.3, 0.4) is 0 Å². The largest absolute Gasteiger partial charge is 0.269 e. The number of hydrogen-bond acceptors (Lipinski definition) is 5. The fraction of sp³-hybridized carbons (Fsp3) is 0.125. The number of fused-ring (bicyclic) bond motifs is 1. The van der Waals surface area contributed by atoms with Crippen LogP contribution in [-0.4, -0.2) is 14.5 Å². The van der Waals surface area contributed by atoms with E-state index in [4.69, 9.17) is 0 Å². The van der Waals surface area contributed by atoms with Crippen molar-refractivity contribution in [2.45, 2.75) is 17.7 Å². The van der Waals surface area contributed by atoms with E-state index < -0.39 is 4.92 Å². The van der Waals surface area contributed by atoms with Gasteiger partial charge in [0.15, 0.2) is 0 Å². The summed E-state index contributed by atoms with van der Waals surface area (Å²) < 4.78 is 1.76. The van der Waals surface area contributed by atoms with Crippen molar-refractivity contribution in [2.75, 3.05) is 0 Å². The molecule has 2 aromatic heterocycles. The number of hydrogen-bond donors (Lipinski definition) is 0. The van der Waals surface area contributed by atoms with Crippen LogP contribution in [0.15, 0.2) is 47.5 Å². The Morgan fingerprint density at radius 1 is 1.30 bits per heavy atom. The highest BCUT2D eigenvalue weighted by molar-refractivity contribution is 7.98. The van der Waals surface area contributed by atoms with E-state index in [0.29, 0.717) is 16.3 Å². The summed E-state index contributed by atoms with van der Waals surface area (Å²) in [5, 5.41) is 25.2. The van der Waals surface area contributed by atoms with Gasteiger partial charge in [0, 0.05) is 23.6 Å². The highest BCUT2D eigenvalue weighted by Gasteiger charge is 2.14. The van der Waals surface area contributed by atoms with Gasteiger partial charge in [-0.2, -0.15) is 10.4 Å². The Bertz CT molecular complexity index is 926. The quantitative estimate of drug-likeness (QED) is 0.415. The molecular weight excluding hydrogens is 312 g/mol. The Morgan fingerprint density at radius 3 is 2.70 bits per heavy atom. The van der Waals surface area contributed by atoms with E-state index in [2.05, 4.69) is 11.2 Å². The molecule has 6 nitrogen and oxygen atoms in total. The van der Waals surface area contributed by atoms with Gasteiger partial charge >= 0.3 is 0 Å². The smallest absolute Gasteiger partial charge is 0.258 e. The zero-order chi connectivity index (χ0) is 16.4.